The van der Waals surface area contributed by atoms with Crippen LogP contribution in [0.1, 0.15) is 38.8 Å². The van der Waals surface area contributed by atoms with Crippen molar-refractivity contribution in [3.63, 3.8) is 0 Å². The summed E-state index contributed by atoms with van der Waals surface area (Å²) in [5, 5.41) is 3.79. The molecule has 25 heavy (non-hydrogen) atoms. The zero-order valence-corrected chi connectivity index (χ0v) is 13.7. The lowest BCUT2D eigenvalue weighted by Gasteiger charge is -2.36. The summed E-state index contributed by atoms with van der Waals surface area (Å²) < 4.78 is 11.4. The minimum atomic E-state index is -0.804. The summed E-state index contributed by atoms with van der Waals surface area (Å²) in [6.07, 6.45) is -1.91. The van der Waals surface area contributed by atoms with Gasteiger partial charge in [-0.3, -0.25) is 14.4 Å². The van der Waals surface area contributed by atoms with Crippen LogP contribution in [0.15, 0.2) is 52.2 Å². The molecule has 0 amide bonds. The molecule has 0 radical (unpaired) electrons. The third-order valence-electron chi connectivity index (χ3n) is 4.86. The van der Waals surface area contributed by atoms with Crippen LogP contribution in [0.4, 0.5) is 0 Å². The van der Waals surface area contributed by atoms with Gasteiger partial charge >= 0.3 is 5.97 Å². The van der Waals surface area contributed by atoms with Crippen LogP contribution in [0, 0.1) is 0 Å². The normalized spacial score (nSPS) is 27.7. The molecule has 5 rings (SSSR count). The Kier molecular flexibility index (Phi) is 3.07. The highest BCUT2D eigenvalue weighted by atomic mass is 32.1. The number of Topliss-reactive ketones (excluding diaryl/α,β-unsaturated/α-hetero) is 2. The van der Waals surface area contributed by atoms with E-state index in [4.69, 9.17) is 9.47 Å². The maximum atomic E-state index is 13.1. The minimum absolute atomic E-state index is 0.0885. The highest BCUT2D eigenvalue weighted by Gasteiger charge is 2.52. The fourth-order valence-electron chi connectivity index (χ4n) is 3.77. The van der Waals surface area contributed by atoms with Crippen LogP contribution >= 0.6 is 11.3 Å². The Bertz CT molecular complexity index is 956. The van der Waals surface area contributed by atoms with E-state index in [0.717, 1.165) is 5.56 Å². The van der Waals surface area contributed by atoms with E-state index in [2.05, 4.69) is 0 Å². The maximum absolute atomic E-state index is 13.1. The summed E-state index contributed by atoms with van der Waals surface area (Å²) in [5.74, 6) is -0.895. The summed E-state index contributed by atoms with van der Waals surface area (Å²) in [5.41, 5.74) is 2.13. The number of carbonyl (C=O) groups excluding carboxylic acids is 3. The number of ether oxygens (including phenoxy) is 2. The molecule has 1 saturated heterocycles. The van der Waals surface area contributed by atoms with Crippen molar-refractivity contribution in [2.24, 2.45) is 0 Å². The number of thiophene rings is 1. The molecular formula is C19H12O5S. The van der Waals surface area contributed by atoms with Crippen LogP contribution in [-0.4, -0.2) is 29.7 Å². The number of esters is 1. The second-order valence-corrected chi connectivity index (χ2v) is 7.04. The van der Waals surface area contributed by atoms with Crippen molar-refractivity contribution in [1.82, 2.24) is 0 Å². The van der Waals surface area contributed by atoms with E-state index in [1.54, 1.807) is 24.3 Å². The fraction of sp³-hybridized carbons (Fsp3) is 0.211. The van der Waals surface area contributed by atoms with Crippen LogP contribution in [0.5, 0.6) is 0 Å². The molecule has 3 atom stereocenters. The third-order valence-corrected chi connectivity index (χ3v) is 5.56. The van der Waals surface area contributed by atoms with Gasteiger partial charge in [-0.2, -0.15) is 11.3 Å². The molecule has 1 unspecified atom stereocenters. The first-order valence-corrected chi connectivity index (χ1v) is 8.89. The lowest BCUT2D eigenvalue weighted by Crippen LogP contribution is -2.42. The Morgan fingerprint density at radius 3 is 2.36 bits per heavy atom. The van der Waals surface area contributed by atoms with Crippen molar-refractivity contribution in [2.75, 3.05) is 0 Å². The van der Waals surface area contributed by atoms with Gasteiger partial charge in [-0.1, -0.05) is 24.3 Å². The van der Waals surface area contributed by atoms with Gasteiger partial charge < -0.3 is 9.47 Å². The summed E-state index contributed by atoms with van der Waals surface area (Å²) in [7, 11) is 0. The van der Waals surface area contributed by atoms with E-state index in [1.807, 2.05) is 16.8 Å². The number of fused-ring (bicyclic) bond motifs is 3. The van der Waals surface area contributed by atoms with Gasteiger partial charge in [0.15, 0.2) is 17.7 Å². The predicted molar refractivity (Wildman–Crippen MR) is 88.6 cm³/mol. The largest absolute Gasteiger partial charge is 0.454 e. The molecule has 1 aliphatic carbocycles. The Labute approximate surface area is 146 Å². The maximum Gasteiger partial charge on any atom is 0.309 e. The molecule has 3 heterocycles. The van der Waals surface area contributed by atoms with Gasteiger partial charge in [0.1, 0.15) is 12.2 Å². The molecule has 6 heteroatoms. The highest BCUT2D eigenvalue weighted by molar-refractivity contribution is 7.08. The van der Waals surface area contributed by atoms with Crippen molar-refractivity contribution >= 4 is 28.9 Å². The number of hydrogen-bond acceptors (Lipinski definition) is 6. The quantitative estimate of drug-likeness (QED) is 0.738. The average Bonchev–Trinajstić information content (AvgIpc) is 3.26. The molecule has 2 aliphatic heterocycles. The number of rotatable bonds is 1. The molecule has 2 aromatic rings. The van der Waals surface area contributed by atoms with Crippen molar-refractivity contribution < 1.29 is 23.9 Å². The van der Waals surface area contributed by atoms with E-state index in [-0.39, 0.29) is 23.6 Å². The van der Waals surface area contributed by atoms with Gasteiger partial charge in [-0.15, -0.1) is 0 Å². The first kappa shape index (κ1) is 14.7. The van der Waals surface area contributed by atoms with Gasteiger partial charge in [0, 0.05) is 16.7 Å². The topological polar surface area (TPSA) is 69.7 Å². The predicted octanol–water partition coefficient (Wildman–Crippen LogP) is 2.88. The lowest BCUT2D eigenvalue weighted by molar-refractivity contribution is -0.140. The SMILES string of the molecule is O=C1C[C@H]2OC(c3ccsc3)C3=C(C(=O)c4ccccc4C3=O)[C@H]2O1. The van der Waals surface area contributed by atoms with Crippen molar-refractivity contribution in [3.8, 4) is 0 Å². The minimum Gasteiger partial charge on any atom is -0.454 e. The molecule has 0 bridgehead atoms. The first-order valence-electron chi connectivity index (χ1n) is 7.94. The number of hydrogen-bond donors (Lipinski definition) is 0. The van der Waals surface area contributed by atoms with E-state index < -0.39 is 24.3 Å². The fourth-order valence-corrected chi connectivity index (χ4v) is 4.44. The summed E-state index contributed by atoms with van der Waals surface area (Å²) in [4.78, 5) is 38.0. The Morgan fingerprint density at radius 1 is 0.960 bits per heavy atom. The van der Waals surface area contributed by atoms with Gasteiger partial charge in [-0.05, 0) is 22.4 Å². The summed E-state index contributed by atoms with van der Waals surface area (Å²) >= 11 is 1.49. The molecular weight excluding hydrogens is 340 g/mol. The van der Waals surface area contributed by atoms with E-state index in [9.17, 15) is 14.4 Å². The Morgan fingerprint density at radius 2 is 1.68 bits per heavy atom. The van der Waals surface area contributed by atoms with Crippen LogP contribution in [0.2, 0.25) is 0 Å². The highest BCUT2D eigenvalue weighted by Crippen LogP contribution is 2.46. The van der Waals surface area contributed by atoms with Crippen LogP contribution in [0.25, 0.3) is 0 Å². The van der Waals surface area contributed by atoms with E-state index in [0.29, 0.717) is 16.7 Å². The van der Waals surface area contributed by atoms with Crippen LogP contribution in [-0.2, 0) is 14.3 Å². The molecule has 1 fully saturated rings. The van der Waals surface area contributed by atoms with Crippen molar-refractivity contribution in [1.29, 1.82) is 0 Å². The zero-order chi connectivity index (χ0) is 17.1. The Hall–Kier alpha value is -2.57. The third kappa shape index (κ3) is 2.01. The molecule has 3 aliphatic rings. The number of benzene rings is 1. The van der Waals surface area contributed by atoms with Crippen LogP contribution < -0.4 is 0 Å². The van der Waals surface area contributed by atoms with Gasteiger partial charge in [0.05, 0.1) is 12.0 Å². The Balaban J connectivity index is 1.75. The summed E-state index contributed by atoms with van der Waals surface area (Å²) in [6.45, 7) is 0. The average molecular weight is 352 g/mol. The molecule has 0 spiro atoms. The van der Waals surface area contributed by atoms with E-state index in [1.165, 1.54) is 11.3 Å². The molecule has 0 saturated carbocycles. The van der Waals surface area contributed by atoms with Crippen molar-refractivity contribution in [2.45, 2.75) is 24.7 Å². The van der Waals surface area contributed by atoms with Crippen molar-refractivity contribution in [3.05, 3.63) is 68.9 Å². The molecule has 1 aromatic carbocycles. The number of carbonyl (C=O) groups is 3. The van der Waals surface area contributed by atoms with E-state index >= 15 is 0 Å². The summed E-state index contributed by atoms with van der Waals surface area (Å²) in [6, 6.07) is 8.62. The smallest absolute Gasteiger partial charge is 0.309 e. The standard InChI is InChI=1S/C19H12O5S/c20-13-7-12-19(24-13)15-14(18(23-12)9-5-6-25-8-9)16(21)10-3-1-2-4-11(10)17(15)22/h1-6,8,12,18-19H,7H2/t12-,18?,19+/m1/s1. The first-order chi connectivity index (χ1) is 12.1. The second-order valence-electron chi connectivity index (χ2n) is 6.26. The van der Waals surface area contributed by atoms with Gasteiger partial charge in [0.2, 0.25) is 0 Å². The van der Waals surface area contributed by atoms with Gasteiger partial charge in [-0.25, -0.2) is 0 Å². The second kappa shape index (κ2) is 5.21. The molecule has 1 aromatic heterocycles. The monoisotopic (exact) mass is 352 g/mol. The molecule has 5 nitrogen and oxygen atoms in total. The molecule has 124 valence electrons. The number of ketones is 2. The van der Waals surface area contributed by atoms with Crippen LogP contribution in [0.3, 0.4) is 0 Å². The van der Waals surface area contributed by atoms with Gasteiger partial charge in [0.25, 0.3) is 0 Å². The lowest BCUT2D eigenvalue weighted by atomic mass is 9.76. The zero-order valence-electron chi connectivity index (χ0n) is 12.9. The molecule has 0 N–H and O–H groups in total.